The zero-order valence-electron chi connectivity index (χ0n) is 16.2. The number of carbonyl (C=O) groups is 1. The molecule has 0 bridgehead atoms. The molecule has 0 radical (unpaired) electrons. The summed E-state index contributed by atoms with van der Waals surface area (Å²) in [5.74, 6) is 0.195. The van der Waals surface area contributed by atoms with E-state index in [1.54, 1.807) is 6.07 Å². The number of hydrogen-bond donors (Lipinski definition) is 1. The van der Waals surface area contributed by atoms with E-state index in [-0.39, 0.29) is 18.0 Å². The van der Waals surface area contributed by atoms with Crippen LogP contribution in [0.1, 0.15) is 32.1 Å². The number of aliphatic hydroxyl groups is 1. The number of para-hydroxylation sites is 1. The molecule has 7 heteroatoms. The van der Waals surface area contributed by atoms with Gasteiger partial charge in [0.1, 0.15) is 0 Å². The highest BCUT2D eigenvalue weighted by atomic mass is 16.3. The second kappa shape index (κ2) is 8.01. The zero-order valence-corrected chi connectivity index (χ0v) is 16.2. The maximum absolute atomic E-state index is 12.7. The third-order valence-corrected chi connectivity index (χ3v) is 6.05. The van der Waals surface area contributed by atoms with Gasteiger partial charge in [-0.05, 0) is 44.2 Å². The van der Waals surface area contributed by atoms with Crippen molar-refractivity contribution in [2.24, 2.45) is 0 Å². The smallest absolute Gasteiger partial charge is 0.261 e. The fourth-order valence-corrected chi connectivity index (χ4v) is 4.26. The Hall–Kier alpha value is -2.25. The highest BCUT2D eigenvalue weighted by molar-refractivity contribution is 5.78. The Bertz CT molecular complexity index is 896. The average Bonchev–Trinajstić information content (AvgIpc) is 2.73. The van der Waals surface area contributed by atoms with Crippen molar-refractivity contribution in [3.63, 3.8) is 0 Å². The molecule has 2 fully saturated rings. The fourth-order valence-electron chi connectivity index (χ4n) is 4.26. The van der Waals surface area contributed by atoms with Gasteiger partial charge in [-0.2, -0.15) is 0 Å². The van der Waals surface area contributed by atoms with Crippen molar-refractivity contribution in [1.29, 1.82) is 0 Å². The first-order chi connectivity index (χ1) is 13.5. The summed E-state index contributed by atoms with van der Waals surface area (Å²) in [7, 11) is 0. The first-order valence-corrected chi connectivity index (χ1v) is 10.2. The van der Waals surface area contributed by atoms with Crippen LogP contribution in [-0.4, -0.2) is 68.7 Å². The number of nitrogens with zero attached hydrogens (tertiary/aromatic N) is 4. The molecule has 2 aromatic rings. The van der Waals surface area contributed by atoms with Gasteiger partial charge in [0, 0.05) is 26.2 Å². The van der Waals surface area contributed by atoms with Gasteiger partial charge in [0.15, 0.2) is 0 Å². The van der Waals surface area contributed by atoms with E-state index >= 15 is 0 Å². The van der Waals surface area contributed by atoms with Crippen molar-refractivity contribution in [2.45, 2.75) is 44.2 Å². The molecule has 3 heterocycles. The number of piperidine rings is 2. The second-order valence-electron chi connectivity index (χ2n) is 8.14. The SMILES string of the molecule is O=C(CN1CCC(O)(Cn2cnc3ccccc3c2=O)CC1)N1CCCCC1. The molecule has 150 valence electrons. The molecular weight excluding hydrogens is 356 g/mol. The molecule has 1 N–H and O–H groups in total. The maximum Gasteiger partial charge on any atom is 0.261 e. The predicted molar refractivity (Wildman–Crippen MR) is 107 cm³/mol. The van der Waals surface area contributed by atoms with Crippen LogP contribution >= 0.6 is 0 Å². The molecule has 2 aliphatic rings. The summed E-state index contributed by atoms with van der Waals surface area (Å²) in [6, 6.07) is 7.25. The van der Waals surface area contributed by atoms with Gasteiger partial charge in [0.05, 0.1) is 35.9 Å². The van der Waals surface area contributed by atoms with Gasteiger partial charge in [-0.1, -0.05) is 12.1 Å². The van der Waals surface area contributed by atoms with E-state index in [4.69, 9.17) is 0 Å². The first-order valence-electron chi connectivity index (χ1n) is 10.2. The highest BCUT2D eigenvalue weighted by Gasteiger charge is 2.34. The molecule has 1 aromatic carbocycles. The van der Waals surface area contributed by atoms with E-state index in [9.17, 15) is 14.7 Å². The molecule has 28 heavy (non-hydrogen) atoms. The normalized spacial score (nSPS) is 20.4. The van der Waals surface area contributed by atoms with Crippen molar-refractivity contribution in [3.05, 3.63) is 40.9 Å². The standard InChI is InChI=1S/C21H28N4O3/c26-19(24-10-4-1-5-11-24)14-23-12-8-21(28,9-13-23)15-25-16-22-18-7-3-2-6-17(18)20(25)27/h2-3,6-7,16,28H,1,4-5,8-15H2. The molecule has 0 unspecified atom stereocenters. The Balaban J connectivity index is 1.36. The Labute approximate surface area is 164 Å². The van der Waals surface area contributed by atoms with Crippen molar-refractivity contribution in [3.8, 4) is 0 Å². The first kappa shape index (κ1) is 19.1. The molecule has 1 aromatic heterocycles. The largest absolute Gasteiger partial charge is 0.388 e. The molecule has 2 aliphatic heterocycles. The summed E-state index contributed by atoms with van der Waals surface area (Å²) in [5.41, 5.74) is -0.401. The van der Waals surface area contributed by atoms with E-state index in [1.807, 2.05) is 23.1 Å². The Kier molecular flexibility index (Phi) is 5.46. The summed E-state index contributed by atoms with van der Waals surface area (Å²) < 4.78 is 1.51. The Morgan fingerprint density at radius 1 is 1.07 bits per heavy atom. The summed E-state index contributed by atoms with van der Waals surface area (Å²) in [4.78, 5) is 33.6. The number of hydrogen-bond acceptors (Lipinski definition) is 5. The van der Waals surface area contributed by atoms with Gasteiger partial charge in [0.2, 0.25) is 5.91 Å². The number of benzene rings is 1. The molecule has 0 saturated carbocycles. The molecular formula is C21H28N4O3. The van der Waals surface area contributed by atoms with Gasteiger partial charge >= 0.3 is 0 Å². The molecule has 4 rings (SSSR count). The van der Waals surface area contributed by atoms with Crippen LogP contribution in [0.15, 0.2) is 35.4 Å². The van der Waals surface area contributed by atoms with Crippen LogP contribution in [0.3, 0.4) is 0 Å². The van der Waals surface area contributed by atoms with E-state index in [0.717, 1.165) is 25.9 Å². The molecule has 1 amide bonds. The Morgan fingerprint density at radius 3 is 2.54 bits per heavy atom. The quantitative estimate of drug-likeness (QED) is 0.858. The highest BCUT2D eigenvalue weighted by Crippen LogP contribution is 2.24. The number of carbonyl (C=O) groups excluding carboxylic acids is 1. The topological polar surface area (TPSA) is 78.7 Å². The van der Waals surface area contributed by atoms with Crippen molar-refractivity contribution in [2.75, 3.05) is 32.7 Å². The number of aromatic nitrogens is 2. The van der Waals surface area contributed by atoms with Crippen molar-refractivity contribution >= 4 is 16.8 Å². The van der Waals surface area contributed by atoms with E-state index < -0.39 is 5.60 Å². The number of likely N-dealkylation sites (tertiary alicyclic amines) is 2. The third-order valence-electron chi connectivity index (χ3n) is 6.05. The minimum atomic E-state index is -0.946. The molecule has 0 aliphatic carbocycles. The molecule has 0 spiro atoms. The van der Waals surface area contributed by atoms with Crippen LogP contribution in [-0.2, 0) is 11.3 Å². The summed E-state index contributed by atoms with van der Waals surface area (Å²) in [6.45, 7) is 3.71. The lowest BCUT2D eigenvalue weighted by Crippen LogP contribution is -2.51. The molecule has 2 saturated heterocycles. The Morgan fingerprint density at radius 2 is 1.79 bits per heavy atom. The van der Waals surface area contributed by atoms with Crippen LogP contribution in [0, 0.1) is 0 Å². The number of amides is 1. The molecule has 0 atom stereocenters. The van der Waals surface area contributed by atoms with Crippen molar-refractivity contribution in [1.82, 2.24) is 19.4 Å². The third kappa shape index (κ3) is 4.10. The van der Waals surface area contributed by atoms with E-state index in [1.165, 1.54) is 17.3 Å². The summed E-state index contributed by atoms with van der Waals surface area (Å²) >= 11 is 0. The number of fused-ring (bicyclic) bond motifs is 1. The minimum Gasteiger partial charge on any atom is -0.388 e. The summed E-state index contributed by atoms with van der Waals surface area (Å²) in [5, 5.41) is 11.6. The maximum atomic E-state index is 12.7. The van der Waals surface area contributed by atoms with E-state index in [2.05, 4.69) is 9.88 Å². The number of rotatable bonds is 4. The monoisotopic (exact) mass is 384 g/mol. The fraction of sp³-hybridized carbons (Fsp3) is 0.571. The zero-order chi connectivity index (χ0) is 19.6. The van der Waals surface area contributed by atoms with Gasteiger partial charge in [-0.15, -0.1) is 0 Å². The molecule has 7 nitrogen and oxygen atoms in total. The van der Waals surface area contributed by atoms with E-state index in [0.29, 0.717) is 43.4 Å². The van der Waals surface area contributed by atoms with Crippen molar-refractivity contribution < 1.29 is 9.90 Å². The van der Waals surface area contributed by atoms with Crippen LogP contribution < -0.4 is 5.56 Å². The average molecular weight is 384 g/mol. The lowest BCUT2D eigenvalue weighted by Gasteiger charge is -2.39. The predicted octanol–water partition coefficient (Wildman–Crippen LogP) is 1.24. The second-order valence-corrected chi connectivity index (χ2v) is 8.14. The van der Waals surface area contributed by atoms with Crippen LogP contribution in [0.4, 0.5) is 0 Å². The van der Waals surface area contributed by atoms with Gasteiger partial charge in [-0.25, -0.2) is 4.98 Å². The van der Waals surface area contributed by atoms with Crippen LogP contribution in [0.5, 0.6) is 0 Å². The minimum absolute atomic E-state index is 0.123. The summed E-state index contributed by atoms with van der Waals surface area (Å²) in [6.07, 6.45) is 6.01. The van der Waals surface area contributed by atoms with Crippen LogP contribution in [0.25, 0.3) is 10.9 Å². The van der Waals surface area contributed by atoms with Gasteiger partial charge in [-0.3, -0.25) is 19.1 Å². The van der Waals surface area contributed by atoms with Gasteiger partial charge in [0.25, 0.3) is 5.56 Å². The van der Waals surface area contributed by atoms with Gasteiger partial charge < -0.3 is 10.0 Å². The lowest BCUT2D eigenvalue weighted by molar-refractivity contribution is -0.134. The van der Waals surface area contributed by atoms with Crippen LogP contribution in [0.2, 0.25) is 0 Å². The lowest BCUT2D eigenvalue weighted by atomic mass is 9.91.